The Morgan fingerprint density at radius 3 is 2.25 bits per heavy atom. The smallest absolute Gasteiger partial charge is 0.230 e. The molecular weight excluding hydrogens is 367 g/mol. The Labute approximate surface area is 159 Å². The number of methoxy groups -OCH3 is 1. The van der Waals surface area contributed by atoms with Crippen LogP contribution in [0.3, 0.4) is 0 Å². The molecule has 3 nitrogen and oxygen atoms in total. The fourth-order valence-electron chi connectivity index (χ4n) is 3.35. The van der Waals surface area contributed by atoms with Crippen LogP contribution in [0.4, 0.5) is 13.2 Å². The number of benzene rings is 3. The second-order valence-electron chi connectivity index (χ2n) is 6.57. The molecule has 1 heterocycles. The maximum absolute atomic E-state index is 14.1. The summed E-state index contributed by atoms with van der Waals surface area (Å²) >= 11 is 0. The van der Waals surface area contributed by atoms with Crippen LogP contribution in [0.25, 0.3) is 33.7 Å². The van der Waals surface area contributed by atoms with E-state index in [1.807, 2.05) is 32.0 Å². The van der Waals surface area contributed by atoms with Gasteiger partial charge < -0.3 is 9.15 Å². The Morgan fingerprint density at radius 2 is 1.57 bits per heavy atom. The molecule has 0 aliphatic carbocycles. The van der Waals surface area contributed by atoms with Crippen LogP contribution in [0, 0.1) is 31.3 Å². The maximum atomic E-state index is 14.1. The van der Waals surface area contributed by atoms with Crippen LogP contribution >= 0.6 is 0 Å². The fourth-order valence-corrected chi connectivity index (χ4v) is 3.35. The van der Waals surface area contributed by atoms with E-state index in [1.165, 1.54) is 0 Å². The van der Waals surface area contributed by atoms with Gasteiger partial charge in [0.15, 0.2) is 23.0 Å². The predicted molar refractivity (Wildman–Crippen MR) is 101 cm³/mol. The van der Waals surface area contributed by atoms with Crippen LogP contribution < -0.4 is 4.74 Å². The van der Waals surface area contributed by atoms with Crippen LogP contribution in [0.1, 0.15) is 11.1 Å². The summed E-state index contributed by atoms with van der Waals surface area (Å²) in [5, 5.41) is 0. The molecule has 0 aliphatic heterocycles. The average molecular weight is 383 g/mol. The Morgan fingerprint density at radius 1 is 0.857 bits per heavy atom. The molecule has 4 aromatic rings. The van der Waals surface area contributed by atoms with Crippen LogP contribution in [-0.2, 0) is 0 Å². The zero-order chi connectivity index (χ0) is 20.0. The van der Waals surface area contributed by atoms with Crippen molar-refractivity contribution in [2.75, 3.05) is 7.11 Å². The van der Waals surface area contributed by atoms with Gasteiger partial charge in [0.2, 0.25) is 5.89 Å². The lowest BCUT2D eigenvalue weighted by atomic mass is 9.99. The molecule has 0 fully saturated rings. The number of hydrogen-bond acceptors (Lipinski definition) is 3. The van der Waals surface area contributed by atoms with E-state index in [0.717, 1.165) is 40.1 Å². The molecule has 0 aliphatic rings. The molecule has 0 radical (unpaired) electrons. The summed E-state index contributed by atoms with van der Waals surface area (Å²) in [6, 6.07) is 11.3. The SMILES string of the molecule is COc1c(C)cc(-c2ccc3nc(-c4ccc(F)c(F)c4F)oc3c2)cc1C. The number of hydrogen-bond donors (Lipinski definition) is 0. The zero-order valence-corrected chi connectivity index (χ0v) is 15.4. The van der Waals surface area contributed by atoms with Gasteiger partial charge in [-0.15, -0.1) is 0 Å². The van der Waals surface area contributed by atoms with Crippen molar-refractivity contribution >= 4 is 11.1 Å². The number of aromatic nitrogens is 1. The Kier molecular flexibility index (Phi) is 4.34. The van der Waals surface area contributed by atoms with E-state index >= 15 is 0 Å². The van der Waals surface area contributed by atoms with E-state index in [0.29, 0.717) is 11.1 Å². The summed E-state index contributed by atoms with van der Waals surface area (Å²) in [5.74, 6) is -3.41. The second-order valence-corrected chi connectivity index (χ2v) is 6.57. The quantitative estimate of drug-likeness (QED) is 0.395. The molecule has 0 N–H and O–H groups in total. The van der Waals surface area contributed by atoms with Crippen molar-refractivity contribution in [1.29, 1.82) is 0 Å². The first-order valence-electron chi connectivity index (χ1n) is 8.59. The monoisotopic (exact) mass is 383 g/mol. The number of rotatable bonds is 3. The molecule has 0 spiro atoms. The first-order chi connectivity index (χ1) is 13.4. The summed E-state index contributed by atoms with van der Waals surface area (Å²) in [5.41, 5.74) is 4.53. The number of oxazole rings is 1. The highest BCUT2D eigenvalue weighted by atomic mass is 19.2. The van der Waals surface area contributed by atoms with Crippen molar-refractivity contribution in [3.8, 4) is 28.3 Å². The molecule has 3 aromatic carbocycles. The molecule has 28 heavy (non-hydrogen) atoms. The van der Waals surface area contributed by atoms with Gasteiger partial charge in [0.05, 0.1) is 12.7 Å². The average Bonchev–Trinajstić information content (AvgIpc) is 3.08. The van der Waals surface area contributed by atoms with Crippen LogP contribution in [-0.4, -0.2) is 12.1 Å². The molecule has 142 valence electrons. The minimum Gasteiger partial charge on any atom is -0.496 e. The molecule has 0 unspecified atom stereocenters. The molecule has 0 amide bonds. The van der Waals surface area contributed by atoms with E-state index in [-0.39, 0.29) is 11.5 Å². The van der Waals surface area contributed by atoms with Crippen molar-refractivity contribution in [1.82, 2.24) is 4.98 Å². The van der Waals surface area contributed by atoms with E-state index in [2.05, 4.69) is 4.98 Å². The number of nitrogens with zero attached hydrogens (tertiary/aromatic N) is 1. The summed E-state index contributed by atoms with van der Waals surface area (Å²) < 4.78 is 51.8. The predicted octanol–water partition coefficient (Wildman–Crippen LogP) is 6.20. The lowest BCUT2D eigenvalue weighted by Gasteiger charge is -2.11. The second kappa shape index (κ2) is 6.71. The molecular formula is C22H16F3NO2. The van der Waals surface area contributed by atoms with Gasteiger partial charge in [-0.05, 0) is 72.5 Å². The lowest BCUT2D eigenvalue weighted by Crippen LogP contribution is -1.93. The Balaban J connectivity index is 1.81. The standard InChI is InChI=1S/C22H16F3NO2/c1-11-8-14(9-12(2)21(11)27-3)13-4-7-17-18(10-13)28-22(26-17)15-5-6-16(23)20(25)19(15)24/h4-10H,1-3H3. The van der Waals surface area contributed by atoms with Crippen LogP contribution in [0.15, 0.2) is 46.9 Å². The molecule has 6 heteroatoms. The Hall–Kier alpha value is -3.28. The van der Waals surface area contributed by atoms with Crippen molar-refractivity contribution in [3.63, 3.8) is 0 Å². The van der Waals surface area contributed by atoms with Gasteiger partial charge >= 0.3 is 0 Å². The largest absolute Gasteiger partial charge is 0.496 e. The summed E-state index contributed by atoms with van der Waals surface area (Å²) in [7, 11) is 1.63. The van der Waals surface area contributed by atoms with E-state index in [4.69, 9.17) is 9.15 Å². The highest BCUT2D eigenvalue weighted by Crippen LogP contribution is 2.33. The zero-order valence-electron chi connectivity index (χ0n) is 15.4. The lowest BCUT2D eigenvalue weighted by molar-refractivity contribution is 0.408. The van der Waals surface area contributed by atoms with Gasteiger partial charge in [0.1, 0.15) is 11.3 Å². The van der Waals surface area contributed by atoms with Crippen LogP contribution in [0.5, 0.6) is 5.75 Å². The minimum atomic E-state index is -1.55. The molecule has 0 saturated heterocycles. The summed E-state index contributed by atoms with van der Waals surface area (Å²) in [6.45, 7) is 3.93. The van der Waals surface area contributed by atoms with Gasteiger partial charge in [0, 0.05) is 0 Å². The van der Waals surface area contributed by atoms with Gasteiger partial charge in [-0.1, -0.05) is 6.07 Å². The van der Waals surface area contributed by atoms with Gasteiger partial charge in [-0.3, -0.25) is 0 Å². The van der Waals surface area contributed by atoms with E-state index in [1.54, 1.807) is 19.2 Å². The first-order valence-corrected chi connectivity index (χ1v) is 8.59. The van der Waals surface area contributed by atoms with Gasteiger partial charge in [-0.2, -0.15) is 0 Å². The molecule has 0 atom stereocenters. The molecule has 0 saturated carbocycles. The fraction of sp³-hybridized carbons (Fsp3) is 0.136. The first kappa shape index (κ1) is 18.1. The van der Waals surface area contributed by atoms with E-state index in [9.17, 15) is 13.2 Å². The number of ether oxygens (including phenoxy) is 1. The molecule has 4 rings (SSSR count). The molecule has 0 bridgehead atoms. The minimum absolute atomic E-state index is 0.106. The van der Waals surface area contributed by atoms with Crippen molar-refractivity contribution < 1.29 is 22.3 Å². The third-order valence-electron chi connectivity index (χ3n) is 4.65. The number of aryl methyl sites for hydroxylation is 2. The summed E-state index contributed by atoms with van der Waals surface area (Å²) in [4.78, 5) is 4.20. The van der Waals surface area contributed by atoms with Gasteiger partial charge in [-0.25, -0.2) is 18.2 Å². The van der Waals surface area contributed by atoms with Crippen molar-refractivity contribution in [2.24, 2.45) is 0 Å². The third kappa shape index (κ3) is 2.91. The van der Waals surface area contributed by atoms with Crippen molar-refractivity contribution in [3.05, 3.63) is 71.0 Å². The van der Waals surface area contributed by atoms with Crippen LogP contribution in [0.2, 0.25) is 0 Å². The maximum Gasteiger partial charge on any atom is 0.230 e. The van der Waals surface area contributed by atoms with Gasteiger partial charge in [0.25, 0.3) is 0 Å². The number of halogens is 3. The Bertz CT molecular complexity index is 1190. The highest BCUT2D eigenvalue weighted by Gasteiger charge is 2.19. The summed E-state index contributed by atoms with van der Waals surface area (Å²) in [6.07, 6.45) is 0. The number of fused-ring (bicyclic) bond motifs is 1. The highest BCUT2D eigenvalue weighted by molar-refractivity contribution is 5.82. The third-order valence-corrected chi connectivity index (χ3v) is 4.65. The normalized spacial score (nSPS) is 11.2. The van der Waals surface area contributed by atoms with Crippen molar-refractivity contribution in [2.45, 2.75) is 13.8 Å². The molecule has 1 aromatic heterocycles. The van der Waals surface area contributed by atoms with E-state index < -0.39 is 17.5 Å². The topological polar surface area (TPSA) is 35.3 Å².